The highest BCUT2D eigenvalue weighted by molar-refractivity contribution is 6.30. The molecule has 0 N–H and O–H groups in total. The fourth-order valence-electron chi connectivity index (χ4n) is 3.03. The molecule has 3 nitrogen and oxygen atoms in total. The lowest BCUT2D eigenvalue weighted by molar-refractivity contribution is -0.141. The van der Waals surface area contributed by atoms with Crippen LogP contribution in [0.25, 0.3) is 0 Å². The van der Waals surface area contributed by atoms with Gasteiger partial charge in [0, 0.05) is 12.1 Å². The van der Waals surface area contributed by atoms with Crippen LogP contribution >= 0.6 is 11.6 Å². The predicted molar refractivity (Wildman–Crippen MR) is 83.8 cm³/mol. The van der Waals surface area contributed by atoms with Gasteiger partial charge >= 0.3 is 0 Å². The molecule has 0 saturated heterocycles. The van der Waals surface area contributed by atoms with E-state index in [1.165, 1.54) is 0 Å². The first-order valence-corrected chi connectivity index (χ1v) is 7.82. The normalized spacial score (nSPS) is 18.6. The molecule has 21 heavy (non-hydrogen) atoms. The molecule has 1 aromatic rings. The average Bonchev–Trinajstić information content (AvgIpc) is 2.53. The van der Waals surface area contributed by atoms with Crippen LogP contribution in [0.2, 0.25) is 5.02 Å². The molecule has 1 fully saturated rings. The largest absolute Gasteiger partial charge is 0.338 e. The van der Waals surface area contributed by atoms with Crippen molar-refractivity contribution in [2.45, 2.75) is 45.1 Å². The van der Waals surface area contributed by atoms with Gasteiger partial charge in [0.1, 0.15) is 5.41 Å². The summed E-state index contributed by atoms with van der Waals surface area (Å²) in [5.41, 5.74) is 0.155. The van der Waals surface area contributed by atoms with Gasteiger partial charge in [0.25, 0.3) is 0 Å². The maximum absolute atomic E-state index is 12.8. The Morgan fingerprint density at radius 1 is 1.38 bits per heavy atom. The first kappa shape index (κ1) is 15.9. The van der Waals surface area contributed by atoms with E-state index in [0.29, 0.717) is 17.9 Å². The lowest BCUT2D eigenvalue weighted by atomic mass is 9.74. The zero-order valence-electron chi connectivity index (χ0n) is 12.6. The molecule has 0 radical (unpaired) electrons. The van der Waals surface area contributed by atoms with Crippen LogP contribution in [0, 0.1) is 16.7 Å². The molecule has 0 spiro atoms. The second-order valence-electron chi connectivity index (χ2n) is 5.90. The van der Waals surface area contributed by atoms with Gasteiger partial charge < -0.3 is 4.90 Å². The maximum atomic E-state index is 12.8. The summed E-state index contributed by atoms with van der Waals surface area (Å²) in [6.07, 6.45) is 4.38. The maximum Gasteiger partial charge on any atom is 0.243 e. The third-order valence-electron chi connectivity index (χ3n) is 4.56. The monoisotopic (exact) mass is 304 g/mol. The van der Waals surface area contributed by atoms with Crippen molar-refractivity contribution in [3.05, 3.63) is 34.9 Å². The van der Waals surface area contributed by atoms with Crippen LogP contribution in [-0.4, -0.2) is 17.9 Å². The van der Waals surface area contributed by atoms with E-state index in [9.17, 15) is 10.1 Å². The molecule has 112 valence electrons. The molecule has 1 unspecified atom stereocenters. The molecule has 0 heterocycles. The molecule has 1 aromatic carbocycles. The summed E-state index contributed by atoms with van der Waals surface area (Å²) < 4.78 is 0. The molecular weight excluding hydrogens is 284 g/mol. The second-order valence-corrected chi connectivity index (χ2v) is 6.34. The summed E-state index contributed by atoms with van der Waals surface area (Å²) in [6.45, 7) is 1.97. The van der Waals surface area contributed by atoms with Gasteiger partial charge in [0.2, 0.25) is 5.91 Å². The van der Waals surface area contributed by atoms with Crippen LogP contribution < -0.4 is 0 Å². The minimum absolute atomic E-state index is 0.0582. The second kappa shape index (κ2) is 6.49. The molecule has 1 atom stereocenters. The summed E-state index contributed by atoms with van der Waals surface area (Å²) in [4.78, 5) is 14.5. The zero-order chi connectivity index (χ0) is 15.5. The standard InChI is InChI=1S/C17H21ClN2O/c1-13(14-7-6-8-15(18)11-14)20(2)16(21)17(12-19)9-4-3-5-10-17/h6-8,11,13H,3-5,9-10H2,1-2H3. The average molecular weight is 305 g/mol. The van der Waals surface area contributed by atoms with Crippen molar-refractivity contribution >= 4 is 17.5 Å². The molecular formula is C17H21ClN2O. The van der Waals surface area contributed by atoms with E-state index in [2.05, 4.69) is 6.07 Å². The van der Waals surface area contributed by atoms with Crippen molar-refractivity contribution in [3.63, 3.8) is 0 Å². The smallest absolute Gasteiger partial charge is 0.243 e. The molecule has 1 saturated carbocycles. The third kappa shape index (κ3) is 3.22. The number of hydrogen-bond acceptors (Lipinski definition) is 2. The van der Waals surface area contributed by atoms with Crippen molar-refractivity contribution in [3.8, 4) is 6.07 Å². The predicted octanol–water partition coefficient (Wildman–Crippen LogP) is 4.33. The summed E-state index contributed by atoms with van der Waals surface area (Å²) in [6, 6.07) is 9.73. The Balaban J connectivity index is 2.20. The molecule has 0 bridgehead atoms. The summed E-state index contributed by atoms with van der Waals surface area (Å²) in [5.74, 6) is -0.0582. The van der Waals surface area contributed by atoms with E-state index < -0.39 is 5.41 Å². The van der Waals surface area contributed by atoms with E-state index in [1.807, 2.05) is 31.2 Å². The number of nitrogens with zero attached hydrogens (tertiary/aromatic N) is 2. The van der Waals surface area contributed by atoms with Gasteiger partial charge in [-0.15, -0.1) is 0 Å². The zero-order valence-corrected chi connectivity index (χ0v) is 13.4. The van der Waals surface area contributed by atoms with Crippen LogP contribution in [0.5, 0.6) is 0 Å². The van der Waals surface area contributed by atoms with Gasteiger partial charge in [-0.3, -0.25) is 4.79 Å². The summed E-state index contributed by atoms with van der Waals surface area (Å²) in [7, 11) is 1.78. The van der Waals surface area contributed by atoms with Crippen molar-refractivity contribution in [1.29, 1.82) is 5.26 Å². The Morgan fingerprint density at radius 3 is 2.62 bits per heavy atom. The number of benzene rings is 1. The van der Waals surface area contributed by atoms with Crippen LogP contribution in [0.15, 0.2) is 24.3 Å². The Labute approximate surface area is 131 Å². The van der Waals surface area contributed by atoms with Crippen molar-refractivity contribution < 1.29 is 4.79 Å². The van der Waals surface area contributed by atoms with Crippen molar-refractivity contribution in [2.75, 3.05) is 7.05 Å². The van der Waals surface area contributed by atoms with Crippen molar-refractivity contribution in [2.24, 2.45) is 5.41 Å². The first-order chi connectivity index (χ1) is 10.00. The van der Waals surface area contributed by atoms with E-state index in [4.69, 9.17) is 11.6 Å². The Morgan fingerprint density at radius 2 is 2.05 bits per heavy atom. The molecule has 0 aromatic heterocycles. The number of carbonyl (C=O) groups is 1. The molecule has 4 heteroatoms. The van der Waals surface area contributed by atoms with E-state index >= 15 is 0 Å². The number of halogens is 1. The van der Waals surface area contributed by atoms with E-state index in [0.717, 1.165) is 24.8 Å². The van der Waals surface area contributed by atoms with E-state index in [1.54, 1.807) is 11.9 Å². The quantitative estimate of drug-likeness (QED) is 0.834. The summed E-state index contributed by atoms with van der Waals surface area (Å²) in [5, 5.41) is 10.2. The molecule has 1 aliphatic rings. The first-order valence-electron chi connectivity index (χ1n) is 7.44. The molecule has 0 aliphatic heterocycles. The van der Waals surface area contributed by atoms with Gasteiger partial charge in [-0.25, -0.2) is 0 Å². The molecule has 1 aliphatic carbocycles. The number of hydrogen-bond donors (Lipinski definition) is 0. The van der Waals surface area contributed by atoms with Gasteiger partial charge in [-0.1, -0.05) is 43.0 Å². The number of rotatable bonds is 3. The minimum atomic E-state index is -0.833. The molecule has 1 amide bonds. The van der Waals surface area contributed by atoms with Crippen LogP contribution in [-0.2, 0) is 4.79 Å². The van der Waals surface area contributed by atoms with Gasteiger partial charge in [-0.2, -0.15) is 5.26 Å². The Hall–Kier alpha value is -1.53. The molecule has 2 rings (SSSR count). The van der Waals surface area contributed by atoms with Gasteiger partial charge in [0.05, 0.1) is 12.1 Å². The Kier molecular flexibility index (Phi) is 4.90. The highest BCUT2D eigenvalue weighted by atomic mass is 35.5. The van der Waals surface area contributed by atoms with E-state index in [-0.39, 0.29) is 11.9 Å². The third-order valence-corrected chi connectivity index (χ3v) is 4.80. The SMILES string of the molecule is CC(c1cccc(Cl)c1)N(C)C(=O)C1(C#N)CCCCC1. The van der Waals surface area contributed by atoms with Gasteiger partial charge in [0.15, 0.2) is 0 Å². The summed E-state index contributed by atoms with van der Waals surface area (Å²) >= 11 is 6.02. The lowest BCUT2D eigenvalue weighted by Crippen LogP contribution is -2.43. The fourth-order valence-corrected chi connectivity index (χ4v) is 3.23. The minimum Gasteiger partial charge on any atom is -0.338 e. The number of amides is 1. The van der Waals surface area contributed by atoms with Crippen LogP contribution in [0.4, 0.5) is 0 Å². The Bertz CT molecular complexity index is 558. The highest BCUT2D eigenvalue weighted by Gasteiger charge is 2.42. The number of carbonyl (C=O) groups excluding carboxylic acids is 1. The van der Waals surface area contributed by atoms with Crippen LogP contribution in [0.3, 0.4) is 0 Å². The van der Waals surface area contributed by atoms with Crippen LogP contribution in [0.1, 0.15) is 50.6 Å². The fraction of sp³-hybridized carbons (Fsp3) is 0.529. The van der Waals surface area contributed by atoms with Gasteiger partial charge in [-0.05, 0) is 37.5 Å². The number of nitriles is 1. The highest BCUT2D eigenvalue weighted by Crippen LogP contribution is 2.38. The topological polar surface area (TPSA) is 44.1 Å². The van der Waals surface area contributed by atoms with Crippen molar-refractivity contribution in [1.82, 2.24) is 4.90 Å². The lowest BCUT2D eigenvalue weighted by Gasteiger charge is -2.36.